The molecule has 0 unspecified atom stereocenters. The number of rotatable bonds is 9. The monoisotopic (exact) mass is 318 g/mol. The third-order valence-electron chi connectivity index (χ3n) is 4.55. The highest BCUT2D eigenvalue weighted by molar-refractivity contribution is 5.69. The fourth-order valence-corrected chi connectivity index (χ4v) is 3.35. The van der Waals surface area contributed by atoms with Crippen molar-refractivity contribution in [1.82, 2.24) is 9.80 Å². The zero-order chi connectivity index (χ0) is 16.5. The maximum absolute atomic E-state index is 11.4. The Morgan fingerprint density at radius 2 is 2.09 bits per heavy atom. The molecular weight excluding hydrogens is 288 g/mol. The van der Waals surface area contributed by atoms with Crippen molar-refractivity contribution in [2.75, 3.05) is 32.8 Å². The molecule has 1 fully saturated rings. The number of likely N-dealkylation sites (tertiary alicyclic amines) is 1. The van der Waals surface area contributed by atoms with Crippen LogP contribution in [0.15, 0.2) is 30.3 Å². The van der Waals surface area contributed by atoms with Gasteiger partial charge in [-0.25, -0.2) is 0 Å². The molecule has 0 bridgehead atoms. The predicted octanol–water partition coefficient (Wildman–Crippen LogP) is 2.93. The van der Waals surface area contributed by atoms with Crippen LogP contribution in [0.3, 0.4) is 0 Å². The molecule has 1 heterocycles. The SMILES string of the molecule is CCOC(=O)CCCN(CC)[C@H]1CCN(Cc2ccccc2)C1. The Morgan fingerprint density at radius 1 is 1.30 bits per heavy atom. The molecule has 1 aromatic rings. The normalized spacial score (nSPS) is 18.5. The molecule has 0 saturated carbocycles. The molecule has 1 saturated heterocycles. The van der Waals surface area contributed by atoms with Crippen LogP contribution in [0, 0.1) is 0 Å². The minimum atomic E-state index is -0.0688. The van der Waals surface area contributed by atoms with Crippen molar-refractivity contribution in [1.29, 1.82) is 0 Å². The predicted molar refractivity (Wildman–Crippen MR) is 93.2 cm³/mol. The molecule has 23 heavy (non-hydrogen) atoms. The van der Waals surface area contributed by atoms with Gasteiger partial charge in [0.25, 0.3) is 0 Å². The van der Waals surface area contributed by atoms with Gasteiger partial charge in [-0.05, 0) is 38.4 Å². The first kappa shape index (κ1) is 18.0. The summed E-state index contributed by atoms with van der Waals surface area (Å²) in [5.41, 5.74) is 1.39. The van der Waals surface area contributed by atoms with Gasteiger partial charge in [0.15, 0.2) is 0 Å². The van der Waals surface area contributed by atoms with Crippen molar-refractivity contribution in [3.63, 3.8) is 0 Å². The van der Waals surface area contributed by atoms with Crippen LogP contribution in [0.5, 0.6) is 0 Å². The second-order valence-electron chi connectivity index (χ2n) is 6.20. The van der Waals surface area contributed by atoms with E-state index in [1.165, 1.54) is 12.0 Å². The lowest BCUT2D eigenvalue weighted by Gasteiger charge is -2.27. The number of likely N-dealkylation sites (N-methyl/N-ethyl adjacent to an activating group) is 1. The van der Waals surface area contributed by atoms with E-state index in [4.69, 9.17) is 4.74 Å². The Labute approximate surface area is 140 Å². The summed E-state index contributed by atoms with van der Waals surface area (Å²) in [6.07, 6.45) is 2.65. The third-order valence-corrected chi connectivity index (χ3v) is 4.55. The number of esters is 1. The second kappa shape index (κ2) is 9.68. The first-order valence-electron chi connectivity index (χ1n) is 8.88. The molecule has 128 valence electrons. The van der Waals surface area contributed by atoms with Crippen molar-refractivity contribution in [2.45, 2.75) is 45.7 Å². The van der Waals surface area contributed by atoms with Crippen LogP contribution in [0.1, 0.15) is 38.7 Å². The number of carbonyl (C=O) groups excluding carboxylic acids is 1. The van der Waals surface area contributed by atoms with Crippen LogP contribution in [-0.4, -0.2) is 54.6 Å². The maximum Gasteiger partial charge on any atom is 0.305 e. The van der Waals surface area contributed by atoms with Gasteiger partial charge in [0, 0.05) is 32.1 Å². The van der Waals surface area contributed by atoms with Crippen molar-refractivity contribution in [3.05, 3.63) is 35.9 Å². The molecule has 1 aliphatic rings. The highest BCUT2D eigenvalue weighted by atomic mass is 16.5. The van der Waals surface area contributed by atoms with Crippen LogP contribution in [0.2, 0.25) is 0 Å². The highest BCUT2D eigenvalue weighted by Crippen LogP contribution is 2.18. The van der Waals surface area contributed by atoms with Gasteiger partial charge in [-0.2, -0.15) is 0 Å². The molecule has 0 spiro atoms. The van der Waals surface area contributed by atoms with E-state index in [0.717, 1.165) is 39.1 Å². The van der Waals surface area contributed by atoms with Gasteiger partial charge in [-0.1, -0.05) is 37.3 Å². The molecule has 0 radical (unpaired) electrons. The molecule has 1 atom stereocenters. The second-order valence-corrected chi connectivity index (χ2v) is 6.20. The van der Waals surface area contributed by atoms with Crippen LogP contribution in [0.4, 0.5) is 0 Å². The van der Waals surface area contributed by atoms with Gasteiger partial charge in [0.1, 0.15) is 0 Å². The smallest absolute Gasteiger partial charge is 0.305 e. The fraction of sp³-hybridized carbons (Fsp3) is 0.632. The molecule has 0 aromatic heterocycles. The molecule has 4 heteroatoms. The number of hydrogen-bond acceptors (Lipinski definition) is 4. The van der Waals surface area contributed by atoms with Gasteiger partial charge in [-0.3, -0.25) is 14.6 Å². The Kier molecular flexibility index (Phi) is 7.56. The molecule has 0 N–H and O–H groups in total. The number of carbonyl (C=O) groups is 1. The number of nitrogens with zero attached hydrogens (tertiary/aromatic N) is 2. The minimum Gasteiger partial charge on any atom is -0.466 e. The summed E-state index contributed by atoms with van der Waals surface area (Å²) in [6.45, 7) is 9.91. The van der Waals surface area contributed by atoms with Gasteiger partial charge in [-0.15, -0.1) is 0 Å². The lowest BCUT2D eigenvalue weighted by atomic mass is 10.2. The van der Waals surface area contributed by atoms with Crippen molar-refractivity contribution in [2.24, 2.45) is 0 Å². The van der Waals surface area contributed by atoms with E-state index in [1.807, 2.05) is 6.92 Å². The van der Waals surface area contributed by atoms with Crippen LogP contribution < -0.4 is 0 Å². The van der Waals surface area contributed by atoms with E-state index in [0.29, 0.717) is 19.1 Å². The molecule has 1 aliphatic heterocycles. The maximum atomic E-state index is 11.4. The zero-order valence-corrected chi connectivity index (χ0v) is 14.5. The Balaban J connectivity index is 1.73. The number of ether oxygens (including phenoxy) is 1. The standard InChI is InChI=1S/C19H30N2O2/c1-3-21(13-8-11-19(22)23-4-2)18-12-14-20(16-18)15-17-9-6-5-7-10-17/h5-7,9-10,18H,3-4,8,11-16H2,1-2H3/t18-/m0/s1. The van der Waals surface area contributed by atoms with Gasteiger partial charge >= 0.3 is 5.97 Å². The molecular formula is C19H30N2O2. The summed E-state index contributed by atoms with van der Waals surface area (Å²) in [5, 5.41) is 0. The quantitative estimate of drug-likeness (QED) is 0.656. The summed E-state index contributed by atoms with van der Waals surface area (Å²) in [6, 6.07) is 11.3. The zero-order valence-electron chi connectivity index (χ0n) is 14.5. The first-order chi connectivity index (χ1) is 11.2. The molecule has 4 nitrogen and oxygen atoms in total. The first-order valence-corrected chi connectivity index (χ1v) is 8.88. The molecule has 0 aliphatic carbocycles. The van der Waals surface area contributed by atoms with Crippen molar-refractivity contribution >= 4 is 5.97 Å². The van der Waals surface area contributed by atoms with Crippen LogP contribution in [0.25, 0.3) is 0 Å². The van der Waals surface area contributed by atoms with Crippen LogP contribution >= 0.6 is 0 Å². The lowest BCUT2D eigenvalue weighted by molar-refractivity contribution is -0.143. The van der Waals surface area contributed by atoms with Gasteiger partial charge in [0.2, 0.25) is 0 Å². The number of benzene rings is 1. The van der Waals surface area contributed by atoms with E-state index >= 15 is 0 Å². The largest absolute Gasteiger partial charge is 0.466 e. The van der Waals surface area contributed by atoms with Gasteiger partial charge in [0.05, 0.1) is 6.61 Å². The highest BCUT2D eigenvalue weighted by Gasteiger charge is 2.26. The summed E-state index contributed by atoms with van der Waals surface area (Å²) < 4.78 is 5.00. The Morgan fingerprint density at radius 3 is 2.78 bits per heavy atom. The fourth-order valence-electron chi connectivity index (χ4n) is 3.35. The average molecular weight is 318 g/mol. The summed E-state index contributed by atoms with van der Waals surface area (Å²) in [4.78, 5) is 16.5. The minimum absolute atomic E-state index is 0.0688. The van der Waals surface area contributed by atoms with E-state index < -0.39 is 0 Å². The van der Waals surface area contributed by atoms with Crippen molar-refractivity contribution in [3.8, 4) is 0 Å². The number of hydrogen-bond donors (Lipinski definition) is 0. The Bertz CT molecular complexity index is 464. The topological polar surface area (TPSA) is 32.8 Å². The third kappa shape index (κ3) is 5.96. The van der Waals surface area contributed by atoms with E-state index in [-0.39, 0.29) is 5.97 Å². The molecule has 1 aromatic carbocycles. The average Bonchev–Trinajstić information content (AvgIpc) is 3.01. The summed E-state index contributed by atoms with van der Waals surface area (Å²) >= 11 is 0. The van der Waals surface area contributed by atoms with E-state index in [2.05, 4.69) is 47.1 Å². The van der Waals surface area contributed by atoms with Crippen molar-refractivity contribution < 1.29 is 9.53 Å². The van der Waals surface area contributed by atoms with Crippen LogP contribution in [-0.2, 0) is 16.1 Å². The van der Waals surface area contributed by atoms with Gasteiger partial charge < -0.3 is 4.74 Å². The molecule has 0 amide bonds. The summed E-state index contributed by atoms with van der Waals surface area (Å²) in [5.74, 6) is -0.0688. The van der Waals surface area contributed by atoms with E-state index in [9.17, 15) is 4.79 Å². The van der Waals surface area contributed by atoms with E-state index in [1.54, 1.807) is 0 Å². The lowest BCUT2D eigenvalue weighted by Crippen LogP contribution is -2.38. The summed E-state index contributed by atoms with van der Waals surface area (Å²) in [7, 11) is 0. The Hall–Kier alpha value is -1.39. The molecule has 2 rings (SSSR count).